The summed E-state index contributed by atoms with van der Waals surface area (Å²) in [6.45, 7) is 4.90. The standard InChI is InChI=1S/C22H22N2O2S/c1-4-15-9-10-17-16(12-21(25)26-19(17)11-15)13-24(3)14(2)22-23-18-7-5-6-8-20(18)27-22/h5-12,14H,4,13H2,1-3H3/t14-/m1/s1. The molecule has 0 radical (unpaired) electrons. The van der Waals surface area contributed by atoms with E-state index in [1.165, 1.54) is 10.3 Å². The number of fused-ring (bicyclic) bond motifs is 2. The number of benzene rings is 2. The molecule has 2 heterocycles. The van der Waals surface area contributed by atoms with Gasteiger partial charge in [-0.15, -0.1) is 11.3 Å². The Morgan fingerprint density at radius 2 is 2.00 bits per heavy atom. The first-order valence-electron chi connectivity index (χ1n) is 9.16. The van der Waals surface area contributed by atoms with E-state index in [0.717, 1.165) is 27.9 Å². The first-order chi connectivity index (χ1) is 13.0. The van der Waals surface area contributed by atoms with Gasteiger partial charge < -0.3 is 4.42 Å². The van der Waals surface area contributed by atoms with Crippen LogP contribution in [0.25, 0.3) is 21.2 Å². The van der Waals surface area contributed by atoms with E-state index in [0.29, 0.717) is 12.1 Å². The summed E-state index contributed by atoms with van der Waals surface area (Å²) in [5.41, 5.74) is 3.55. The molecule has 0 amide bonds. The van der Waals surface area contributed by atoms with Crippen LogP contribution in [0.5, 0.6) is 0 Å². The monoisotopic (exact) mass is 378 g/mol. The van der Waals surface area contributed by atoms with Crippen LogP contribution in [-0.2, 0) is 13.0 Å². The summed E-state index contributed by atoms with van der Waals surface area (Å²) in [5.74, 6) is 0. The van der Waals surface area contributed by atoms with Crippen LogP contribution < -0.4 is 5.63 Å². The molecule has 138 valence electrons. The molecule has 0 bridgehead atoms. The van der Waals surface area contributed by atoms with E-state index >= 15 is 0 Å². The molecule has 4 rings (SSSR count). The highest BCUT2D eigenvalue weighted by Crippen LogP contribution is 2.30. The van der Waals surface area contributed by atoms with Gasteiger partial charge in [-0.2, -0.15) is 0 Å². The van der Waals surface area contributed by atoms with E-state index in [9.17, 15) is 4.79 Å². The lowest BCUT2D eigenvalue weighted by atomic mass is 10.1. The fraction of sp³-hybridized carbons (Fsp3) is 0.273. The molecule has 27 heavy (non-hydrogen) atoms. The predicted octanol–water partition coefficient (Wildman–Crippen LogP) is 5.16. The van der Waals surface area contributed by atoms with Crippen molar-refractivity contribution in [3.05, 3.63) is 75.1 Å². The molecule has 4 nitrogen and oxygen atoms in total. The number of thiazole rings is 1. The summed E-state index contributed by atoms with van der Waals surface area (Å²) >= 11 is 1.72. The lowest BCUT2D eigenvalue weighted by Crippen LogP contribution is -2.22. The normalized spacial score (nSPS) is 12.9. The van der Waals surface area contributed by atoms with Crippen molar-refractivity contribution in [1.29, 1.82) is 0 Å². The summed E-state index contributed by atoms with van der Waals surface area (Å²) in [6, 6.07) is 16.1. The van der Waals surface area contributed by atoms with E-state index in [1.807, 2.05) is 24.3 Å². The van der Waals surface area contributed by atoms with Crippen LogP contribution in [0, 0.1) is 0 Å². The molecule has 4 aromatic rings. The van der Waals surface area contributed by atoms with E-state index in [2.05, 4.69) is 44.0 Å². The number of hydrogen-bond donors (Lipinski definition) is 0. The van der Waals surface area contributed by atoms with Crippen LogP contribution >= 0.6 is 11.3 Å². The Balaban J connectivity index is 1.65. The fourth-order valence-electron chi connectivity index (χ4n) is 3.29. The van der Waals surface area contributed by atoms with Crippen LogP contribution in [0.4, 0.5) is 0 Å². The maximum Gasteiger partial charge on any atom is 0.336 e. The zero-order chi connectivity index (χ0) is 19.0. The molecule has 0 spiro atoms. The van der Waals surface area contributed by atoms with Gasteiger partial charge in [0.05, 0.1) is 16.3 Å². The number of rotatable bonds is 5. The van der Waals surface area contributed by atoms with Crippen molar-refractivity contribution >= 4 is 32.5 Å². The third-order valence-corrected chi connectivity index (χ3v) is 6.26. The van der Waals surface area contributed by atoms with E-state index in [-0.39, 0.29) is 11.7 Å². The average Bonchev–Trinajstić information content (AvgIpc) is 3.10. The Morgan fingerprint density at radius 1 is 1.19 bits per heavy atom. The number of aromatic nitrogens is 1. The molecule has 0 aliphatic rings. The van der Waals surface area contributed by atoms with Gasteiger partial charge in [0.25, 0.3) is 0 Å². The highest BCUT2D eigenvalue weighted by Gasteiger charge is 2.18. The Morgan fingerprint density at radius 3 is 2.78 bits per heavy atom. The lowest BCUT2D eigenvalue weighted by Gasteiger charge is -2.23. The SMILES string of the molecule is CCc1ccc2c(CN(C)[C@H](C)c3nc4ccccc4s3)cc(=O)oc2c1. The summed E-state index contributed by atoms with van der Waals surface area (Å²) in [5, 5.41) is 2.08. The maximum absolute atomic E-state index is 12.0. The van der Waals surface area contributed by atoms with Crippen molar-refractivity contribution in [2.24, 2.45) is 0 Å². The predicted molar refractivity (Wildman–Crippen MR) is 111 cm³/mol. The van der Waals surface area contributed by atoms with Gasteiger partial charge in [0.15, 0.2) is 0 Å². The molecule has 0 unspecified atom stereocenters. The van der Waals surface area contributed by atoms with Crippen molar-refractivity contribution in [1.82, 2.24) is 9.88 Å². The second kappa shape index (κ2) is 7.25. The smallest absolute Gasteiger partial charge is 0.336 e. The Hall–Kier alpha value is -2.50. The molecular formula is C22H22N2O2S. The number of para-hydroxylation sites is 1. The van der Waals surface area contributed by atoms with Crippen molar-refractivity contribution in [2.45, 2.75) is 32.9 Å². The molecule has 0 N–H and O–H groups in total. The number of hydrogen-bond acceptors (Lipinski definition) is 5. The first kappa shape index (κ1) is 17.9. The van der Waals surface area contributed by atoms with Crippen LogP contribution in [-0.4, -0.2) is 16.9 Å². The zero-order valence-electron chi connectivity index (χ0n) is 15.7. The average molecular weight is 378 g/mol. The molecular weight excluding hydrogens is 356 g/mol. The molecule has 2 aromatic heterocycles. The molecule has 0 saturated carbocycles. The summed E-state index contributed by atoms with van der Waals surface area (Å²) in [6.07, 6.45) is 0.915. The van der Waals surface area contributed by atoms with Gasteiger partial charge in [0.2, 0.25) is 0 Å². The third kappa shape index (κ3) is 3.53. The summed E-state index contributed by atoms with van der Waals surface area (Å²) in [4.78, 5) is 19.0. The number of nitrogens with zero attached hydrogens (tertiary/aromatic N) is 2. The van der Waals surface area contributed by atoms with Crippen LogP contribution in [0.2, 0.25) is 0 Å². The van der Waals surface area contributed by atoms with Crippen LogP contribution in [0.3, 0.4) is 0 Å². The molecule has 0 aliphatic heterocycles. The Bertz CT molecular complexity index is 1130. The Labute approximate surface area is 162 Å². The summed E-state index contributed by atoms with van der Waals surface area (Å²) < 4.78 is 6.63. The summed E-state index contributed by atoms with van der Waals surface area (Å²) in [7, 11) is 2.07. The zero-order valence-corrected chi connectivity index (χ0v) is 16.5. The van der Waals surface area contributed by atoms with Gasteiger partial charge in [-0.05, 0) is 49.7 Å². The van der Waals surface area contributed by atoms with Gasteiger partial charge in [-0.25, -0.2) is 9.78 Å². The fourth-order valence-corrected chi connectivity index (χ4v) is 4.37. The highest BCUT2D eigenvalue weighted by molar-refractivity contribution is 7.18. The molecule has 0 saturated heterocycles. The second-order valence-corrected chi connectivity index (χ2v) is 7.95. The second-order valence-electron chi connectivity index (χ2n) is 6.89. The molecule has 1 atom stereocenters. The largest absolute Gasteiger partial charge is 0.423 e. The molecule has 5 heteroatoms. The molecule has 0 fully saturated rings. The van der Waals surface area contributed by atoms with Crippen molar-refractivity contribution < 1.29 is 4.42 Å². The number of aryl methyl sites for hydroxylation is 1. The van der Waals surface area contributed by atoms with E-state index in [1.54, 1.807) is 17.4 Å². The van der Waals surface area contributed by atoms with Gasteiger partial charge in [0.1, 0.15) is 10.6 Å². The Kier molecular flexibility index (Phi) is 4.81. The van der Waals surface area contributed by atoms with Crippen molar-refractivity contribution in [3.8, 4) is 0 Å². The van der Waals surface area contributed by atoms with E-state index in [4.69, 9.17) is 9.40 Å². The maximum atomic E-state index is 12.0. The van der Waals surface area contributed by atoms with Gasteiger partial charge >= 0.3 is 5.63 Å². The topological polar surface area (TPSA) is 46.3 Å². The van der Waals surface area contributed by atoms with E-state index < -0.39 is 0 Å². The quantitative estimate of drug-likeness (QED) is 0.450. The molecule has 0 aliphatic carbocycles. The third-order valence-electron chi connectivity index (χ3n) is 5.05. The van der Waals surface area contributed by atoms with Crippen LogP contribution in [0.1, 0.15) is 36.0 Å². The van der Waals surface area contributed by atoms with Crippen molar-refractivity contribution in [2.75, 3.05) is 7.05 Å². The van der Waals surface area contributed by atoms with Gasteiger partial charge in [-0.3, -0.25) is 4.90 Å². The molecule has 2 aromatic carbocycles. The van der Waals surface area contributed by atoms with Crippen LogP contribution in [0.15, 0.2) is 57.7 Å². The lowest BCUT2D eigenvalue weighted by molar-refractivity contribution is 0.253. The minimum absolute atomic E-state index is 0.152. The highest BCUT2D eigenvalue weighted by atomic mass is 32.1. The minimum Gasteiger partial charge on any atom is -0.423 e. The first-order valence-corrected chi connectivity index (χ1v) is 9.98. The van der Waals surface area contributed by atoms with Gasteiger partial charge in [-0.1, -0.05) is 31.2 Å². The van der Waals surface area contributed by atoms with Crippen molar-refractivity contribution in [3.63, 3.8) is 0 Å². The minimum atomic E-state index is -0.299. The van der Waals surface area contributed by atoms with Gasteiger partial charge in [0, 0.05) is 18.0 Å².